The molecule has 2 rings (SSSR count). The molecule has 4 nitrogen and oxygen atoms in total. The van der Waals surface area contributed by atoms with Crippen molar-refractivity contribution >= 4 is 5.91 Å². The number of nitrogens with one attached hydrogen (secondary N) is 1. The van der Waals surface area contributed by atoms with E-state index in [1.165, 1.54) is 0 Å². The fraction of sp³-hybridized carbons (Fsp3) is 0.250. The Balaban J connectivity index is 2.01. The monoisotopic (exact) mass is 271 g/mol. The van der Waals surface area contributed by atoms with E-state index in [4.69, 9.17) is 4.74 Å². The van der Waals surface area contributed by atoms with Crippen LogP contribution in [0.5, 0.6) is 0 Å². The van der Waals surface area contributed by atoms with Gasteiger partial charge in [0.05, 0.1) is 6.61 Å². The summed E-state index contributed by atoms with van der Waals surface area (Å²) < 4.78 is 6.78. The van der Waals surface area contributed by atoms with Crippen LogP contribution in [-0.4, -0.2) is 26.2 Å². The summed E-state index contributed by atoms with van der Waals surface area (Å²) in [5, 5.41) is 2.81. The van der Waals surface area contributed by atoms with Gasteiger partial charge in [0.25, 0.3) is 5.91 Å². The maximum atomic E-state index is 11.7. The minimum absolute atomic E-state index is 0.0164. The summed E-state index contributed by atoms with van der Waals surface area (Å²) in [6.45, 7) is 1.37. The zero-order chi connectivity index (χ0) is 14.2. The predicted molar refractivity (Wildman–Crippen MR) is 77.0 cm³/mol. The molecule has 0 bridgehead atoms. The van der Waals surface area contributed by atoms with Gasteiger partial charge in [-0.1, -0.05) is 30.3 Å². The number of benzene rings is 1. The van der Waals surface area contributed by atoms with Crippen molar-refractivity contribution in [3.63, 3.8) is 0 Å². The van der Waals surface area contributed by atoms with Crippen LogP contribution in [0.1, 0.15) is 0 Å². The molecule has 0 aliphatic carbocycles. The van der Waals surface area contributed by atoms with Gasteiger partial charge < -0.3 is 10.1 Å². The van der Waals surface area contributed by atoms with E-state index in [9.17, 15) is 4.79 Å². The highest BCUT2D eigenvalue weighted by Gasteiger charge is 2.10. The van der Waals surface area contributed by atoms with E-state index in [0.29, 0.717) is 19.7 Å². The SMILES string of the molecule is COCCNC(=O)C[n+]1cccc(-c2ccccc2)c1. The molecule has 0 aliphatic rings. The number of hydrogen-bond donors (Lipinski definition) is 1. The van der Waals surface area contributed by atoms with Crippen molar-refractivity contribution < 1.29 is 14.1 Å². The van der Waals surface area contributed by atoms with Crippen LogP contribution in [0, 0.1) is 0 Å². The average molecular weight is 271 g/mol. The summed E-state index contributed by atoms with van der Waals surface area (Å²) >= 11 is 0. The standard InChI is InChI=1S/C16H18N2O2/c1-20-11-9-17-16(19)13-18-10-5-8-15(12-18)14-6-3-2-4-7-14/h2-8,10,12H,9,11,13H2,1H3/p+1. The number of carbonyl (C=O) groups excluding carboxylic acids is 1. The maximum Gasteiger partial charge on any atom is 0.286 e. The number of pyridine rings is 1. The quantitative estimate of drug-likeness (QED) is 0.637. The van der Waals surface area contributed by atoms with E-state index in [2.05, 4.69) is 17.4 Å². The molecule has 0 fully saturated rings. The molecule has 0 radical (unpaired) electrons. The van der Waals surface area contributed by atoms with Crippen molar-refractivity contribution in [2.75, 3.05) is 20.3 Å². The zero-order valence-corrected chi connectivity index (χ0v) is 11.6. The molecule has 4 heteroatoms. The topological polar surface area (TPSA) is 42.2 Å². The van der Waals surface area contributed by atoms with E-state index < -0.39 is 0 Å². The normalized spacial score (nSPS) is 10.2. The molecule has 0 saturated carbocycles. The van der Waals surface area contributed by atoms with Gasteiger partial charge in [-0.3, -0.25) is 4.79 Å². The van der Waals surface area contributed by atoms with Crippen LogP contribution in [0.25, 0.3) is 11.1 Å². The van der Waals surface area contributed by atoms with Gasteiger partial charge >= 0.3 is 0 Å². The second-order valence-electron chi connectivity index (χ2n) is 4.47. The number of rotatable bonds is 6. The van der Waals surface area contributed by atoms with E-state index in [0.717, 1.165) is 11.1 Å². The molecule has 0 saturated heterocycles. The first-order chi connectivity index (χ1) is 9.79. The lowest BCUT2D eigenvalue weighted by molar-refractivity contribution is -0.684. The van der Waals surface area contributed by atoms with Crippen LogP contribution in [0.4, 0.5) is 0 Å². The number of aromatic nitrogens is 1. The summed E-state index contributed by atoms with van der Waals surface area (Å²) in [5.41, 5.74) is 2.24. The fourth-order valence-corrected chi connectivity index (χ4v) is 1.94. The Morgan fingerprint density at radius 3 is 2.65 bits per heavy atom. The smallest absolute Gasteiger partial charge is 0.286 e. The fourth-order valence-electron chi connectivity index (χ4n) is 1.94. The maximum absolute atomic E-state index is 11.7. The summed E-state index contributed by atoms with van der Waals surface area (Å²) in [7, 11) is 1.62. The average Bonchev–Trinajstić information content (AvgIpc) is 2.49. The first-order valence-corrected chi connectivity index (χ1v) is 6.60. The van der Waals surface area contributed by atoms with Gasteiger partial charge in [-0.05, 0) is 11.6 Å². The third kappa shape index (κ3) is 4.17. The minimum Gasteiger partial charge on any atom is -0.383 e. The van der Waals surface area contributed by atoms with Crippen molar-refractivity contribution in [1.82, 2.24) is 5.32 Å². The molecule has 1 N–H and O–H groups in total. The second-order valence-corrected chi connectivity index (χ2v) is 4.47. The number of ether oxygens (including phenoxy) is 1. The third-order valence-corrected chi connectivity index (χ3v) is 2.92. The van der Waals surface area contributed by atoms with Crippen LogP contribution in [0.15, 0.2) is 54.9 Å². The lowest BCUT2D eigenvalue weighted by Crippen LogP contribution is -2.43. The molecule has 1 aromatic carbocycles. The molecule has 1 amide bonds. The number of amides is 1. The molecule has 0 aliphatic heterocycles. The van der Waals surface area contributed by atoms with Gasteiger partial charge in [0.2, 0.25) is 6.54 Å². The molecule has 0 atom stereocenters. The summed E-state index contributed by atoms with van der Waals surface area (Å²) in [5.74, 6) is -0.0164. The number of carbonyl (C=O) groups is 1. The molecule has 1 aromatic heterocycles. The Kier molecular flexibility index (Phi) is 5.26. The van der Waals surface area contributed by atoms with Gasteiger partial charge in [-0.25, -0.2) is 0 Å². The van der Waals surface area contributed by atoms with Crippen LogP contribution < -0.4 is 9.88 Å². The number of hydrogen-bond acceptors (Lipinski definition) is 2. The molecule has 20 heavy (non-hydrogen) atoms. The Morgan fingerprint density at radius 2 is 1.90 bits per heavy atom. The predicted octanol–water partition coefficient (Wildman–Crippen LogP) is 1.40. The van der Waals surface area contributed by atoms with Crippen LogP contribution in [0.3, 0.4) is 0 Å². The molecule has 104 valence electrons. The first kappa shape index (κ1) is 14.2. The van der Waals surface area contributed by atoms with Crippen molar-refractivity contribution in [1.29, 1.82) is 0 Å². The first-order valence-electron chi connectivity index (χ1n) is 6.60. The molecule has 0 unspecified atom stereocenters. The largest absolute Gasteiger partial charge is 0.383 e. The summed E-state index contributed by atoms with van der Waals surface area (Å²) in [6.07, 6.45) is 3.87. The lowest BCUT2D eigenvalue weighted by atomic mass is 10.1. The Morgan fingerprint density at radius 1 is 1.15 bits per heavy atom. The molecular formula is C16H19N2O2+. The van der Waals surface area contributed by atoms with Crippen molar-refractivity contribution in [3.05, 3.63) is 54.9 Å². The summed E-state index contributed by atoms with van der Waals surface area (Å²) in [4.78, 5) is 11.7. The van der Waals surface area contributed by atoms with E-state index >= 15 is 0 Å². The van der Waals surface area contributed by atoms with Crippen molar-refractivity contribution in [2.45, 2.75) is 6.54 Å². The van der Waals surface area contributed by atoms with Crippen molar-refractivity contribution in [2.24, 2.45) is 0 Å². The number of methoxy groups -OCH3 is 1. The molecule has 2 aromatic rings. The highest BCUT2D eigenvalue weighted by molar-refractivity contribution is 5.74. The Hall–Kier alpha value is -2.20. The highest BCUT2D eigenvalue weighted by Crippen LogP contribution is 2.15. The molecule has 1 heterocycles. The summed E-state index contributed by atoms with van der Waals surface area (Å²) in [6, 6.07) is 14.1. The zero-order valence-electron chi connectivity index (χ0n) is 11.6. The van der Waals surface area contributed by atoms with Gasteiger partial charge in [-0.15, -0.1) is 0 Å². The van der Waals surface area contributed by atoms with E-state index in [1.807, 2.05) is 47.3 Å². The number of nitrogens with zero attached hydrogens (tertiary/aromatic N) is 1. The third-order valence-electron chi connectivity index (χ3n) is 2.92. The Bertz CT molecular complexity index is 555. The molecule has 0 spiro atoms. The Labute approximate surface area is 119 Å². The minimum atomic E-state index is -0.0164. The van der Waals surface area contributed by atoms with E-state index in [-0.39, 0.29) is 5.91 Å². The molecular weight excluding hydrogens is 252 g/mol. The van der Waals surface area contributed by atoms with Crippen LogP contribution in [-0.2, 0) is 16.1 Å². The van der Waals surface area contributed by atoms with Gasteiger partial charge in [0, 0.05) is 25.3 Å². The van der Waals surface area contributed by atoms with Gasteiger partial charge in [0.1, 0.15) is 0 Å². The van der Waals surface area contributed by atoms with E-state index in [1.54, 1.807) is 7.11 Å². The van der Waals surface area contributed by atoms with Crippen LogP contribution >= 0.6 is 0 Å². The van der Waals surface area contributed by atoms with Gasteiger partial charge in [-0.2, -0.15) is 4.57 Å². The highest BCUT2D eigenvalue weighted by atomic mass is 16.5. The second kappa shape index (κ2) is 7.40. The lowest BCUT2D eigenvalue weighted by Gasteiger charge is -2.03. The van der Waals surface area contributed by atoms with Gasteiger partial charge in [0.15, 0.2) is 12.4 Å². The van der Waals surface area contributed by atoms with Crippen molar-refractivity contribution in [3.8, 4) is 11.1 Å². The van der Waals surface area contributed by atoms with Crippen LogP contribution in [0.2, 0.25) is 0 Å².